The van der Waals surface area contributed by atoms with Gasteiger partial charge in [-0.15, -0.1) is 0 Å². The molecule has 0 saturated heterocycles. The van der Waals surface area contributed by atoms with Gasteiger partial charge in [0.2, 0.25) is 5.91 Å². The predicted octanol–water partition coefficient (Wildman–Crippen LogP) is 1.74. The van der Waals surface area contributed by atoms with Crippen molar-refractivity contribution in [3.63, 3.8) is 0 Å². The lowest BCUT2D eigenvalue weighted by Gasteiger charge is -2.18. The molecule has 2 rings (SSSR count). The summed E-state index contributed by atoms with van der Waals surface area (Å²) in [5.41, 5.74) is 2.16. The summed E-state index contributed by atoms with van der Waals surface area (Å²) in [5, 5.41) is 10.9. The topological polar surface area (TPSA) is 56.2 Å². The van der Waals surface area contributed by atoms with E-state index in [1.54, 1.807) is 0 Å². The third kappa shape index (κ3) is 2.70. The van der Waals surface area contributed by atoms with Gasteiger partial charge in [-0.05, 0) is 19.4 Å². The number of amidine groups is 1. The summed E-state index contributed by atoms with van der Waals surface area (Å²) in [7, 11) is 0. The maximum atomic E-state index is 11.6. The van der Waals surface area contributed by atoms with Gasteiger partial charge < -0.3 is 10.2 Å². The van der Waals surface area contributed by atoms with Gasteiger partial charge in [0.25, 0.3) is 0 Å². The molecule has 0 radical (unpaired) electrons. The molecule has 0 aromatic heterocycles. The van der Waals surface area contributed by atoms with E-state index in [2.05, 4.69) is 5.32 Å². The predicted molar refractivity (Wildman–Crippen MR) is 71.6 cm³/mol. The third-order valence-electron chi connectivity index (χ3n) is 3.01. The van der Waals surface area contributed by atoms with Crippen LogP contribution >= 0.6 is 0 Å². The molecule has 2 N–H and O–H groups in total. The number of carbonyl (C=O) groups excluding carboxylic acids is 1. The number of hydrogen-bond acceptors (Lipinski definition) is 2. The highest BCUT2D eigenvalue weighted by Gasteiger charge is 2.23. The molecular weight excluding hydrogens is 226 g/mol. The molecule has 4 nitrogen and oxygen atoms in total. The second kappa shape index (κ2) is 5.21. The van der Waals surface area contributed by atoms with Crippen molar-refractivity contribution in [2.24, 2.45) is 0 Å². The normalized spacial score (nSPS) is 13.9. The first-order valence-electron chi connectivity index (χ1n) is 6.29. The molecule has 0 spiro atoms. The Hall–Kier alpha value is -1.84. The zero-order valence-electron chi connectivity index (χ0n) is 10.9. The summed E-state index contributed by atoms with van der Waals surface area (Å²) in [6.45, 7) is 5.24. The average Bonchev–Trinajstić information content (AvgIpc) is 2.64. The molecule has 4 heteroatoms. The number of nitrogens with one attached hydrogen (secondary N) is 2. The van der Waals surface area contributed by atoms with Crippen molar-refractivity contribution in [2.75, 3.05) is 6.54 Å². The largest absolute Gasteiger partial charge is 0.354 e. The van der Waals surface area contributed by atoms with Gasteiger partial charge >= 0.3 is 0 Å². The molecule has 0 saturated carbocycles. The summed E-state index contributed by atoms with van der Waals surface area (Å²) in [5.74, 6) is 0.580. The molecule has 1 aliphatic rings. The van der Waals surface area contributed by atoms with E-state index in [0.717, 1.165) is 12.1 Å². The Morgan fingerprint density at radius 1 is 1.44 bits per heavy atom. The molecule has 1 heterocycles. The SMILES string of the molecule is CC(C)NC(=O)CCN1Cc2ccccc2C1=N. The van der Waals surface area contributed by atoms with E-state index in [1.807, 2.05) is 43.0 Å². The van der Waals surface area contributed by atoms with Gasteiger partial charge in [0.1, 0.15) is 5.84 Å². The standard InChI is InChI=1S/C14H19N3O/c1-10(2)16-13(18)7-8-17-9-11-5-3-4-6-12(11)14(17)15/h3-6,10,15H,7-9H2,1-2H3,(H,16,18). The number of amides is 1. The fourth-order valence-electron chi connectivity index (χ4n) is 2.17. The van der Waals surface area contributed by atoms with Crippen LogP contribution in [0.5, 0.6) is 0 Å². The van der Waals surface area contributed by atoms with Crippen LogP contribution < -0.4 is 5.32 Å². The number of rotatable bonds is 4. The highest BCUT2D eigenvalue weighted by atomic mass is 16.1. The fourth-order valence-corrected chi connectivity index (χ4v) is 2.17. The summed E-state index contributed by atoms with van der Waals surface area (Å²) in [4.78, 5) is 13.5. The minimum Gasteiger partial charge on any atom is -0.354 e. The van der Waals surface area contributed by atoms with Crippen molar-refractivity contribution < 1.29 is 4.79 Å². The Morgan fingerprint density at radius 3 is 2.83 bits per heavy atom. The van der Waals surface area contributed by atoms with Gasteiger partial charge in [-0.1, -0.05) is 24.3 Å². The van der Waals surface area contributed by atoms with Gasteiger partial charge in [0.05, 0.1) is 0 Å². The second-order valence-electron chi connectivity index (χ2n) is 4.90. The molecular formula is C14H19N3O. The lowest BCUT2D eigenvalue weighted by molar-refractivity contribution is -0.121. The van der Waals surface area contributed by atoms with Gasteiger partial charge in [-0.25, -0.2) is 0 Å². The number of hydrogen-bond donors (Lipinski definition) is 2. The Labute approximate surface area is 108 Å². The summed E-state index contributed by atoms with van der Waals surface area (Å²) >= 11 is 0. The fraction of sp³-hybridized carbons (Fsp3) is 0.429. The van der Waals surface area contributed by atoms with Crippen LogP contribution in [0.15, 0.2) is 24.3 Å². The maximum Gasteiger partial charge on any atom is 0.221 e. The van der Waals surface area contributed by atoms with Crippen molar-refractivity contribution in [2.45, 2.75) is 32.9 Å². The molecule has 1 amide bonds. The Kier molecular flexibility index (Phi) is 3.65. The molecule has 1 aliphatic heterocycles. The van der Waals surface area contributed by atoms with E-state index < -0.39 is 0 Å². The first-order valence-corrected chi connectivity index (χ1v) is 6.29. The van der Waals surface area contributed by atoms with Crippen LogP contribution in [0.2, 0.25) is 0 Å². The summed E-state index contributed by atoms with van der Waals surface area (Å²) in [6.07, 6.45) is 0.439. The average molecular weight is 245 g/mol. The third-order valence-corrected chi connectivity index (χ3v) is 3.01. The zero-order valence-corrected chi connectivity index (χ0v) is 10.9. The molecule has 0 fully saturated rings. The lowest BCUT2D eigenvalue weighted by Crippen LogP contribution is -2.34. The molecule has 0 unspecified atom stereocenters. The molecule has 0 aliphatic carbocycles. The van der Waals surface area contributed by atoms with Crippen molar-refractivity contribution in [1.82, 2.24) is 10.2 Å². The van der Waals surface area contributed by atoms with Crippen molar-refractivity contribution in [3.05, 3.63) is 35.4 Å². The smallest absolute Gasteiger partial charge is 0.221 e. The number of carbonyl (C=O) groups is 1. The maximum absolute atomic E-state index is 11.6. The van der Waals surface area contributed by atoms with E-state index in [4.69, 9.17) is 5.41 Å². The summed E-state index contributed by atoms with van der Waals surface area (Å²) in [6, 6.07) is 8.11. The van der Waals surface area contributed by atoms with E-state index >= 15 is 0 Å². The quantitative estimate of drug-likeness (QED) is 0.849. The molecule has 96 valence electrons. The Morgan fingerprint density at radius 2 is 2.17 bits per heavy atom. The molecule has 1 aromatic rings. The van der Waals surface area contributed by atoms with Crippen LogP contribution in [-0.2, 0) is 11.3 Å². The number of nitrogens with zero attached hydrogens (tertiary/aromatic N) is 1. The number of benzene rings is 1. The van der Waals surface area contributed by atoms with Gasteiger partial charge in [0, 0.05) is 31.1 Å². The zero-order chi connectivity index (χ0) is 13.1. The monoisotopic (exact) mass is 245 g/mol. The Balaban J connectivity index is 1.91. The Bertz CT molecular complexity index is 468. The molecule has 0 atom stereocenters. The van der Waals surface area contributed by atoms with Crippen LogP contribution in [-0.4, -0.2) is 29.2 Å². The highest BCUT2D eigenvalue weighted by molar-refractivity contribution is 6.00. The van der Waals surface area contributed by atoms with Crippen LogP contribution in [0.3, 0.4) is 0 Å². The summed E-state index contributed by atoms with van der Waals surface area (Å²) < 4.78 is 0. The minimum absolute atomic E-state index is 0.0498. The minimum atomic E-state index is 0.0498. The highest BCUT2D eigenvalue weighted by Crippen LogP contribution is 2.21. The number of fused-ring (bicyclic) bond motifs is 1. The molecule has 1 aromatic carbocycles. The van der Waals surface area contributed by atoms with Crippen molar-refractivity contribution >= 4 is 11.7 Å². The first-order chi connectivity index (χ1) is 8.58. The van der Waals surface area contributed by atoms with Gasteiger partial charge in [-0.2, -0.15) is 0 Å². The van der Waals surface area contributed by atoms with Crippen LogP contribution in [0.1, 0.15) is 31.4 Å². The van der Waals surface area contributed by atoms with Gasteiger partial charge in [-0.3, -0.25) is 10.2 Å². The molecule has 18 heavy (non-hydrogen) atoms. The second-order valence-corrected chi connectivity index (χ2v) is 4.90. The molecule has 0 bridgehead atoms. The van der Waals surface area contributed by atoms with Crippen LogP contribution in [0.25, 0.3) is 0 Å². The lowest BCUT2D eigenvalue weighted by atomic mass is 10.1. The van der Waals surface area contributed by atoms with Crippen molar-refractivity contribution in [3.8, 4) is 0 Å². The van der Waals surface area contributed by atoms with Crippen LogP contribution in [0.4, 0.5) is 0 Å². The van der Waals surface area contributed by atoms with Crippen molar-refractivity contribution in [1.29, 1.82) is 5.41 Å². The van der Waals surface area contributed by atoms with E-state index in [9.17, 15) is 4.79 Å². The van der Waals surface area contributed by atoms with E-state index in [1.165, 1.54) is 5.56 Å². The first kappa shape index (κ1) is 12.6. The van der Waals surface area contributed by atoms with E-state index in [0.29, 0.717) is 18.8 Å². The van der Waals surface area contributed by atoms with E-state index in [-0.39, 0.29) is 11.9 Å². The van der Waals surface area contributed by atoms with Crippen LogP contribution in [0, 0.1) is 5.41 Å². The van der Waals surface area contributed by atoms with Gasteiger partial charge in [0.15, 0.2) is 0 Å².